The first kappa shape index (κ1) is 28.9. The molecule has 38 heavy (non-hydrogen) atoms. The van der Waals surface area contributed by atoms with E-state index in [9.17, 15) is 4.79 Å². The Kier molecular flexibility index (Phi) is 11.8. The second kappa shape index (κ2) is 15.5. The molecule has 2 aliphatic heterocycles. The molecule has 2 aromatic rings. The van der Waals surface area contributed by atoms with E-state index in [1.807, 2.05) is 38.4 Å². The lowest BCUT2D eigenvalue weighted by Crippen LogP contribution is -2.20. The van der Waals surface area contributed by atoms with Crippen molar-refractivity contribution in [1.82, 2.24) is 9.78 Å². The van der Waals surface area contributed by atoms with Crippen molar-refractivity contribution in [3.05, 3.63) is 73.2 Å². The molecule has 1 aromatic heterocycles. The summed E-state index contributed by atoms with van der Waals surface area (Å²) in [6.45, 7) is 11.5. The van der Waals surface area contributed by atoms with Gasteiger partial charge in [-0.25, -0.2) is 10.0 Å². The molecule has 0 unspecified atom stereocenters. The number of aryl methyl sites for hydroxylation is 1. The molecule has 0 saturated carbocycles. The molecule has 1 aromatic carbocycles. The molecule has 0 bridgehead atoms. The van der Waals surface area contributed by atoms with Gasteiger partial charge in [0.15, 0.2) is 11.6 Å². The van der Waals surface area contributed by atoms with Gasteiger partial charge in [-0.1, -0.05) is 18.2 Å². The average Bonchev–Trinajstić information content (AvgIpc) is 3.29. The Bertz CT molecular complexity index is 1160. The number of ether oxygens (including phenoxy) is 2. The van der Waals surface area contributed by atoms with Crippen LogP contribution in [0.2, 0.25) is 0 Å². The highest BCUT2D eigenvalue weighted by Crippen LogP contribution is 2.18. The van der Waals surface area contributed by atoms with Crippen LogP contribution in [0, 0.1) is 5.92 Å². The zero-order valence-corrected chi connectivity index (χ0v) is 22.5. The maximum atomic E-state index is 12.3. The summed E-state index contributed by atoms with van der Waals surface area (Å²) in [7, 11) is 1.85. The Morgan fingerprint density at radius 1 is 1.29 bits per heavy atom. The van der Waals surface area contributed by atoms with Crippen molar-refractivity contribution < 1.29 is 14.3 Å². The second-order valence-electron chi connectivity index (χ2n) is 8.92. The first-order valence-corrected chi connectivity index (χ1v) is 13.0. The first-order chi connectivity index (χ1) is 18.6. The van der Waals surface area contributed by atoms with Crippen molar-refractivity contribution >= 4 is 29.2 Å². The van der Waals surface area contributed by atoms with Crippen molar-refractivity contribution in [2.75, 3.05) is 38.0 Å². The lowest BCUT2D eigenvalue weighted by molar-refractivity contribution is -0.113. The monoisotopic (exact) mass is 518 g/mol. The van der Waals surface area contributed by atoms with Gasteiger partial charge in [0, 0.05) is 51.2 Å². The minimum absolute atomic E-state index is 0.0230. The minimum atomic E-state index is 0.0230. The standard InChI is InChI=1S/C27H34N6O3.C2H4/c1-3-28-27(29-10-14-36-20-21-8-12-35-13-9-21)23-6-4-5-22(15-23)16-24-17-26(34)7-11-33(31-24)25-18-30-32(2)19-25;1-2/h4-7,10-11,15,18-19,21H,3,8-9,12-14,16-17,20H2,1-2H3;1-2H2. The molecule has 0 N–H and O–H groups in total. The van der Waals surface area contributed by atoms with Gasteiger partial charge in [-0.05, 0) is 43.4 Å². The van der Waals surface area contributed by atoms with Crippen molar-refractivity contribution in [3.8, 4) is 0 Å². The van der Waals surface area contributed by atoms with Gasteiger partial charge in [-0.2, -0.15) is 10.2 Å². The summed E-state index contributed by atoms with van der Waals surface area (Å²) in [4.78, 5) is 21.5. The summed E-state index contributed by atoms with van der Waals surface area (Å²) in [5.74, 6) is 1.26. The van der Waals surface area contributed by atoms with Gasteiger partial charge < -0.3 is 9.47 Å². The molecule has 3 heterocycles. The fourth-order valence-corrected chi connectivity index (χ4v) is 4.14. The number of ketones is 1. The first-order valence-electron chi connectivity index (χ1n) is 13.0. The Morgan fingerprint density at radius 2 is 2.11 bits per heavy atom. The van der Waals surface area contributed by atoms with Crippen molar-refractivity contribution in [2.45, 2.75) is 32.6 Å². The lowest BCUT2D eigenvalue weighted by Gasteiger charge is -2.21. The third kappa shape index (κ3) is 9.00. The number of allylic oxidation sites excluding steroid dienone is 1. The predicted molar refractivity (Wildman–Crippen MR) is 153 cm³/mol. The number of benzene rings is 1. The van der Waals surface area contributed by atoms with Crippen molar-refractivity contribution in [3.63, 3.8) is 0 Å². The van der Waals surface area contributed by atoms with Crippen LogP contribution in [0.1, 0.15) is 37.3 Å². The number of carbonyl (C=O) groups is 1. The topological polar surface area (TPSA) is 93.7 Å². The number of hydrogen-bond acceptors (Lipinski definition) is 7. The van der Waals surface area contributed by atoms with Crippen LogP contribution in [0.5, 0.6) is 0 Å². The predicted octanol–water partition coefficient (Wildman–Crippen LogP) is 4.39. The molecule has 202 valence electrons. The van der Waals surface area contributed by atoms with E-state index in [0.717, 1.165) is 55.2 Å². The molecule has 0 atom stereocenters. The van der Waals surface area contributed by atoms with E-state index in [0.29, 0.717) is 31.3 Å². The third-order valence-corrected chi connectivity index (χ3v) is 5.99. The van der Waals surface area contributed by atoms with Crippen LogP contribution in [0.3, 0.4) is 0 Å². The second-order valence-corrected chi connectivity index (χ2v) is 8.92. The molecule has 0 radical (unpaired) electrons. The average molecular weight is 519 g/mol. The van der Waals surface area contributed by atoms with Gasteiger partial charge in [0.25, 0.3) is 0 Å². The lowest BCUT2D eigenvalue weighted by atomic mass is 10.0. The Morgan fingerprint density at radius 3 is 2.84 bits per heavy atom. The van der Waals surface area contributed by atoms with E-state index >= 15 is 0 Å². The number of carbonyl (C=O) groups excluding carboxylic acids is 1. The Balaban J connectivity index is 0.00000195. The van der Waals surface area contributed by atoms with E-state index < -0.39 is 0 Å². The maximum absolute atomic E-state index is 12.3. The zero-order chi connectivity index (χ0) is 27.2. The minimum Gasteiger partial charge on any atom is -0.381 e. The summed E-state index contributed by atoms with van der Waals surface area (Å²) in [6, 6.07) is 8.09. The number of anilines is 1. The maximum Gasteiger partial charge on any atom is 0.162 e. The highest BCUT2D eigenvalue weighted by molar-refractivity contribution is 6.08. The number of rotatable bonds is 9. The van der Waals surface area contributed by atoms with E-state index in [2.05, 4.69) is 34.3 Å². The van der Waals surface area contributed by atoms with Gasteiger partial charge in [-0.3, -0.25) is 14.5 Å². The molecule has 1 saturated heterocycles. The fourth-order valence-electron chi connectivity index (χ4n) is 4.14. The molecule has 0 spiro atoms. The zero-order valence-electron chi connectivity index (χ0n) is 22.5. The molecule has 9 nitrogen and oxygen atoms in total. The number of hydrazone groups is 1. The van der Waals surface area contributed by atoms with Crippen LogP contribution < -0.4 is 5.01 Å². The van der Waals surface area contributed by atoms with Gasteiger partial charge in [0.05, 0.1) is 37.7 Å². The van der Waals surface area contributed by atoms with E-state index in [4.69, 9.17) is 14.6 Å². The molecule has 9 heteroatoms. The Labute approximate surface area is 225 Å². The third-order valence-electron chi connectivity index (χ3n) is 5.99. The van der Waals surface area contributed by atoms with Gasteiger partial charge in [0.1, 0.15) is 5.69 Å². The van der Waals surface area contributed by atoms with Crippen LogP contribution in [0.25, 0.3) is 0 Å². The molecule has 0 amide bonds. The van der Waals surface area contributed by atoms with Crippen molar-refractivity contribution in [2.24, 2.45) is 28.1 Å². The Hall–Kier alpha value is -3.69. The highest BCUT2D eigenvalue weighted by atomic mass is 16.5. The van der Waals surface area contributed by atoms with Crippen LogP contribution in [-0.2, 0) is 27.7 Å². The number of hydrogen-bond donors (Lipinski definition) is 0. The number of aliphatic imine (C=N–C) groups is 2. The smallest absolute Gasteiger partial charge is 0.162 e. The van der Waals surface area contributed by atoms with Gasteiger partial charge >= 0.3 is 0 Å². The van der Waals surface area contributed by atoms with Crippen LogP contribution in [0.4, 0.5) is 5.69 Å². The van der Waals surface area contributed by atoms with E-state index in [1.165, 1.54) is 0 Å². The summed E-state index contributed by atoms with van der Waals surface area (Å²) in [5.41, 5.74) is 3.56. The number of nitrogens with zero attached hydrogens (tertiary/aromatic N) is 6. The van der Waals surface area contributed by atoms with Gasteiger partial charge in [-0.15, -0.1) is 13.2 Å². The van der Waals surface area contributed by atoms with Gasteiger partial charge in [0.2, 0.25) is 0 Å². The molecule has 0 aliphatic carbocycles. The number of amidine groups is 1. The summed E-state index contributed by atoms with van der Waals surface area (Å²) in [6.07, 6.45) is 11.6. The molecular weight excluding hydrogens is 480 g/mol. The SMILES string of the molecule is C=C.CCN=C(N=CCOCC1CCOCC1)c1cccc(CC2=NN(c3cnn(C)c3)C=CC(=O)C2)c1. The normalized spacial score (nSPS) is 16.8. The molecular formula is C29H38N6O3. The van der Waals surface area contributed by atoms with E-state index in [-0.39, 0.29) is 12.2 Å². The molecule has 1 fully saturated rings. The van der Waals surface area contributed by atoms with E-state index in [1.54, 1.807) is 34.4 Å². The van der Waals surface area contributed by atoms with Crippen LogP contribution in [0.15, 0.2) is 77.2 Å². The van der Waals surface area contributed by atoms with Crippen molar-refractivity contribution in [1.29, 1.82) is 0 Å². The molecule has 2 aliphatic rings. The molecule has 4 rings (SSSR count). The summed E-state index contributed by atoms with van der Waals surface area (Å²) in [5, 5.41) is 10.6. The van der Waals surface area contributed by atoms with Crippen LogP contribution in [-0.4, -0.2) is 66.3 Å². The van der Waals surface area contributed by atoms with Crippen LogP contribution >= 0.6 is 0 Å². The largest absolute Gasteiger partial charge is 0.381 e. The quantitative estimate of drug-likeness (QED) is 0.212. The summed E-state index contributed by atoms with van der Waals surface area (Å²) >= 11 is 0. The fraction of sp³-hybridized carbons (Fsp3) is 0.414. The summed E-state index contributed by atoms with van der Waals surface area (Å²) < 4.78 is 12.9. The highest BCUT2D eigenvalue weighted by Gasteiger charge is 2.16. The number of aromatic nitrogens is 2.